The molecule has 1 atom stereocenters. The first-order valence-corrected chi connectivity index (χ1v) is 4.22. The maximum absolute atomic E-state index is 11.3. The Bertz CT molecular complexity index is 258. The first kappa shape index (κ1) is 12.6. The second kappa shape index (κ2) is 4.74. The maximum atomic E-state index is 11.3. The molecule has 1 N–H and O–H groups in total. The van der Waals surface area contributed by atoms with E-state index in [4.69, 9.17) is 5.11 Å². The van der Waals surface area contributed by atoms with Gasteiger partial charge in [0.25, 0.3) is 0 Å². The predicted octanol–water partition coefficient (Wildman–Crippen LogP) is 0.619. The number of hydrogen-bond acceptors (Lipinski definition) is 4. The molecule has 0 amide bonds. The number of carboxylic acids is 1. The molecule has 0 aliphatic carbocycles. The fourth-order valence-electron chi connectivity index (χ4n) is 1.31. The zero-order valence-electron chi connectivity index (χ0n) is 8.49. The Hall–Kier alpha value is -1.39. The second-order valence-electron chi connectivity index (χ2n) is 3.05. The van der Waals surface area contributed by atoms with Crippen LogP contribution in [-0.4, -0.2) is 29.9 Å². The number of rotatable bonds is 5. The van der Waals surface area contributed by atoms with Crippen LogP contribution in [0.25, 0.3) is 0 Å². The van der Waals surface area contributed by atoms with Crippen LogP contribution in [0.1, 0.15) is 26.7 Å². The van der Waals surface area contributed by atoms with Gasteiger partial charge in [-0.3, -0.25) is 14.4 Å². The Morgan fingerprint density at radius 2 is 1.86 bits per heavy atom. The molecule has 0 rings (SSSR count). The zero-order valence-corrected chi connectivity index (χ0v) is 8.49. The van der Waals surface area contributed by atoms with Crippen LogP contribution in [-0.2, 0) is 19.1 Å². The molecule has 0 aliphatic heterocycles. The number of ketones is 1. The molecule has 0 bridgehead atoms. The van der Waals surface area contributed by atoms with Gasteiger partial charge in [0.2, 0.25) is 0 Å². The third-order valence-electron chi connectivity index (χ3n) is 2.31. The molecule has 0 saturated heterocycles. The predicted molar refractivity (Wildman–Crippen MR) is 47.7 cm³/mol. The summed E-state index contributed by atoms with van der Waals surface area (Å²) in [7, 11) is 1.14. The zero-order chi connectivity index (χ0) is 11.4. The molecule has 0 aliphatic rings. The highest BCUT2D eigenvalue weighted by molar-refractivity contribution is 6.05. The summed E-state index contributed by atoms with van der Waals surface area (Å²) < 4.78 is 4.45. The van der Waals surface area contributed by atoms with E-state index in [9.17, 15) is 14.4 Å². The largest absolute Gasteiger partial charge is 0.481 e. The summed E-state index contributed by atoms with van der Waals surface area (Å²) in [5, 5.41) is 8.61. The standard InChI is InChI=1S/C9H14O5/c1-4-9(6(2)10,5-7(11)12)8(13)14-3/h4-5H2,1-3H3,(H,11,12). The van der Waals surface area contributed by atoms with Gasteiger partial charge < -0.3 is 9.84 Å². The van der Waals surface area contributed by atoms with Crippen molar-refractivity contribution in [1.29, 1.82) is 0 Å². The topological polar surface area (TPSA) is 80.7 Å². The average Bonchev–Trinajstić information content (AvgIpc) is 2.12. The fourth-order valence-corrected chi connectivity index (χ4v) is 1.31. The molecule has 14 heavy (non-hydrogen) atoms. The van der Waals surface area contributed by atoms with Crippen LogP contribution in [0.3, 0.4) is 0 Å². The summed E-state index contributed by atoms with van der Waals surface area (Å²) in [6, 6.07) is 0. The van der Waals surface area contributed by atoms with Gasteiger partial charge >= 0.3 is 11.9 Å². The Labute approximate surface area is 82.1 Å². The number of Topliss-reactive ketones (excluding diaryl/α,β-unsaturated/α-hetero) is 1. The van der Waals surface area contributed by atoms with Crippen molar-refractivity contribution in [2.75, 3.05) is 7.11 Å². The Balaban J connectivity index is 5.08. The van der Waals surface area contributed by atoms with Crippen LogP contribution in [0.5, 0.6) is 0 Å². The molecule has 5 nitrogen and oxygen atoms in total. The van der Waals surface area contributed by atoms with Crippen LogP contribution in [0.4, 0.5) is 0 Å². The van der Waals surface area contributed by atoms with E-state index in [1.165, 1.54) is 6.92 Å². The third-order valence-corrected chi connectivity index (χ3v) is 2.31. The van der Waals surface area contributed by atoms with Gasteiger partial charge in [0.05, 0.1) is 13.5 Å². The van der Waals surface area contributed by atoms with Gasteiger partial charge in [-0.25, -0.2) is 0 Å². The molecule has 0 radical (unpaired) electrons. The number of carboxylic acid groups (broad SMARTS) is 1. The number of carbonyl (C=O) groups is 3. The second-order valence-corrected chi connectivity index (χ2v) is 3.05. The average molecular weight is 202 g/mol. The number of aliphatic carboxylic acids is 1. The number of esters is 1. The lowest BCUT2D eigenvalue weighted by Crippen LogP contribution is -2.40. The Kier molecular flexibility index (Phi) is 4.27. The molecule has 0 fully saturated rings. The van der Waals surface area contributed by atoms with E-state index in [0.717, 1.165) is 7.11 Å². The van der Waals surface area contributed by atoms with Crippen molar-refractivity contribution in [3.63, 3.8) is 0 Å². The minimum absolute atomic E-state index is 0.126. The molecule has 0 aromatic carbocycles. The summed E-state index contributed by atoms with van der Waals surface area (Å²) >= 11 is 0. The fraction of sp³-hybridized carbons (Fsp3) is 0.667. The minimum Gasteiger partial charge on any atom is -0.481 e. The van der Waals surface area contributed by atoms with E-state index in [1.54, 1.807) is 6.92 Å². The summed E-state index contributed by atoms with van der Waals surface area (Å²) in [6.45, 7) is 2.78. The van der Waals surface area contributed by atoms with Crippen LogP contribution in [0.15, 0.2) is 0 Å². The van der Waals surface area contributed by atoms with Crippen LogP contribution >= 0.6 is 0 Å². The quantitative estimate of drug-likeness (QED) is 0.522. The number of methoxy groups -OCH3 is 1. The van der Waals surface area contributed by atoms with Crippen molar-refractivity contribution in [3.8, 4) is 0 Å². The van der Waals surface area contributed by atoms with Gasteiger partial charge in [-0.1, -0.05) is 6.92 Å². The van der Waals surface area contributed by atoms with Crippen molar-refractivity contribution < 1.29 is 24.2 Å². The van der Waals surface area contributed by atoms with Crippen LogP contribution in [0.2, 0.25) is 0 Å². The number of hydrogen-bond donors (Lipinski definition) is 1. The molecular formula is C9H14O5. The van der Waals surface area contributed by atoms with E-state index >= 15 is 0 Å². The van der Waals surface area contributed by atoms with E-state index in [-0.39, 0.29) is 6.42 Å². The molecule has 0 aromatic heterocycles. The number of carbonyl (C=O) groups excluding carboxylic acids is 2. The lowest BCUT2D eigenvalue weighted by Gasteiger charge is -2.24. The normalized spacial score (nSPS) is 14.2. The van der Waals surface area contributed by atoms with Crippen molar-refractivity contribution in [3.05, 3.63) is 0 Å². The van der Waals surface area contributed by atoms with E-state index < -0.39 is 29.6 Å². The van der Waals surface area contributed by atoms with Crippen LogP contribution < -0.4 is 0 Å². The van der Waals surface area contributed by atoms with E-state index in [2.05, 4.69) is 4.74 Å². The Morgan fingerprint density at radius 3 is 2.07 bits per heavy atom. The molecule has 0 heterocycles. The summed E-state index contributed by atoms with van der Waals surface area (Å²) in [4.78, 5) is 33.1. The molecular weight excluding hydrogens is 188 g/mol. The Morgan fingerprint density at radius 1 is 1.36 bits per heavy atom. The monoisotopic (exact) mass is 202 g/mol. The molecule has 80 valence electrons. The van der Waals surface area contributed by atoms with Crippen molar-refractivity contribution in [2.45, 2.75) is 26.7 Å². The van der Waals surface area contributed by atoms with Crippen LogP contribution in [0, 0.1) is 5.41 Å². The van der Waals surface area contributed by atoms with Crippen molar-refractivity contribution in [1.82, 2.24) is 0 Å². The van der Waals surface area contributed by atoms with Gasteiger partial charge in [0.1, 0.15) is 11.2 Å². The molecule has 0 spiro atoms. The first-order valence-electron chi connectivity index (χ1n) is 4.22. The SMILES string of the molecule is CCC(CC(=O)O)(C(C)=O)C(=O)OC. The summed E-state index contributed by atoms with van der Waals surface area (Å²) in [5.41, 5.74) is -1.53. The van der Waals surface area contributed by atoms with Crippen molar-refractivity contribution in [2.24, 2.45) is 5.41 Å². The van der Waals surface area contributed by atoms with Gasteiger partial charge in [-0.2, -0.15) is 0 Å². The lowest BCUT2D eigenvalue weighted by molar-refractivity contribution is -0.163. The van der Waals surface area contributed by atoms with E-state index in [1.807, 2.05) is 0 Å². The smallest absolute Gasteiger partial charge is 0.319 e. The highest BCUT2D eigenvalue weighted by Crippen LogP contribution is 2.29. The van der Waals surface area contributed by atoms with E-state index in [0.29, 0.717) is 0 Å². The maximum Gasteiger partial charge on any atom is 0.319 e. The first-order chi connectivity index (χ1) is 6.40. The number of ether oxygens (including phenoxy) is 1. The van der Waals surface area contributed by atoms with Gasteiger partial charge in [0.15, 0.2) is 0 Å². The third kappa shape index (κ3) is 2.31. The highest BCUT2D eigenvalue weighted by atomic mass is 16.5. The summed E-state index contributed by atoms with van der Waals surface area (Å²) in [5.74, 6) is -2.45. The summed E-state index contributed by atoms with van der Waals surface area (Å²) in [6.07, 6.45) is -0.396. The van der Waals surface area contributed by atoms with Gasteiger partial charge in [0, 0.05) is 0 Å². The van der Waals surface area contributed by atoms with Gasteiger partial charge in [-0.15, -0.1) is 0 Å². The molecule has 0 saturated carbocycles. The molecule has 1 unspecified atom stereocenters. The lowest BCUT2D eigenvalue weighted by atomic mass is 9.78. The highest BCUT2D eigenvalue weighted by Gasteiger charge is 2.44. The minimum atomic E-state index is -1.53. The van der Waals surface area contributed by atoms with Gasteiger partial charge in [-0.05, 0) is 13.3 Å². The van der Waals surface area contributed by atoms with Crippen molar-refractivity contribution >= 4 is 17.7 Å². The molecule has 0 aromatic rings. The molecule has 5 heteroatoms.